The number of amides is 4. The van der Waals surface area contributed by atoms with Crippen LogP contribution in [-0.4, -0.2) is 25.0 Å². The molecule has 4 amide bonds. The van der Waals surface area contributed by atoms with Gasteiger partial charge in [0.05, 0.1) is 7.11 Å². The van der Waals surface area contributed by atoms with E-state index in [0.717, 1.165) is 0 Å². The predicted molar refractivity (Wildman–Crippen MR) is 93.4 cm³/mol. The molecule has 1 aliphatic rings. The highest BCUT2D eigenvalue weighted by atomic mass is 19.1. The molecule has 2 aromatic carbocycles. The molecule has 2 N–H and O–H groups in total. The molecule has 0 aliphatic carbocycles. The number of carbonyl (C=O) groups is 3. The average molecular weight is 370 g/mol. The van der Waals surface area contributed by atoms with Crippen molar-refractivity contribution < 1.29 is 28.2 Å². The van der Waals surface area contributed by atoms with E-state index in [1.165, 1.54) is 25.3 Å². The van der Waals surface area contributed by atoms with Crippen molar-refractivity contribution in [2.75, 3.05) is 7.11 Å². The van der Waals surface area contributed by atoms with Gasteiger partial charge in [0, 0.05) is 0 Å². The maximum atomic E-state index is 13.2. The van der Waals surface area contributed by atoms with Gasteiger partial charge in [0.15, 0.2) is 11.5 Å². The lowest BCUT2D eigenvalue weighted by molar-refractivity contribution is -0.123. The fraction of sp³-hybridized carbons (Fsp3) is 0.105. The molecular formula is C19H15FN2O5. The maximum Gasteiger partial charge on any atom is 0.328 e. The van der Waals surface area contributed by atoms with E-state index in [2.05, 4.69) is 0 Å². The Bertz CT molecular complexity index is 933. The number of ether oxygens (including phenoxy) is 2. The van der Waals surface area contributed by atoms with E-state index in [0.29, 0.717) is 22.6 Å². The number of carbonyl (C=O) groups excluding carboxylic acids is 3. The number of benzene rings is 2. The van der Waals surface area contributed by atoms with Crippen LogP contribution in [0.25, 0.3) is 6.08 Å². The Hall–Kier alpha value is -3.68. The maximum absolute atomic E-state index is 13.2. The van der Waals surface area contributed by atoms with Crippen LogP contribution in [0, 0.1) is 5.82 Å². The lowest BCUT2D eigenvalue weighted by Crippen LogP contribution is -2.51. The van der Waals surface area contributed by atoms with Crippen molar-refractivity contribution in [3.05, 3.63) is 65.0 Å². The molecule has 8 heteroatoms. The normalized spacial score (nSPS) is 13.7. The van der Waals surface area contributed by atoms with E-state index in [1.54, 1.807) is 30.3 Å². The van der Waals surface area contributed by atoms with Crippen LogP contribution in [0.3, 0.4) is 0 Å². The van der Waals surface area contributed by atoms with Gasteiger partial charge < -0.3 is 9.47 Å². The minimum atomic E-state index is -0.860. The molecular weight excluding hydrogens is 355 g/mol. The van der Waals surface area contributed by atoms with Gasteiger partial charge in [0.25, 0.3) is 11.8 Å². The first-order valence-electron chi connectivity index (χ1n) is 7.90. The molecule has 7 nitrogen and oxygen atoms in total. The van der Waals surface area contributed by atoms with Crippen molar-refractivity contribution in [3.63, 3.8) is 0 Å². The Balaban J connectivity index is 1.80. The summed E-state index contributed by atoms with van der Waals surface area (Å²) in [5, 5.41) is 4.00. The van der Waals surface area contributed by atoms with E-state index in [9.17, 15) is 18.8 Å². The summed E-state index contributed by atoms with van der Waals surface area (Å²) in [5.41, 5.74) is 0.952. The van der Waals surface area contributed by atoms with Gasteiger partial charge >= 0.3 is 6.03 Å². The van der Waals surface area contributed by atoms with Crippen LogP contribution >= 0.6 is 0 Å². The Morgan fingerprint density at radius 1 is 1.00 bits per heavy atom. The first-order chi connectivity index (χ1) is 13.0. The molecule has 1 heterocycles. The van der Waals surface area contributed by atoms with Crippen LogP contribution in [-0.2, 0) is 16.2 Å². The molecule has 1 fully saturated rings. The third kappa shape index (κ3) is 4.30. The fourth-order valence-electron chi connectivity index (χ4n) is 2.45. The van der Waals surface area contributed by atoms with Crippen molar-refractivity contribution in [2.45, 2.75) is 6.61 Å². The van der Waals surface area contributed by atoms with E-state index in [1.807, 2.05) is 10.6 Å². The smallest absolute Gasteiger partial charge is 0.328 e. The number of methoxy groups -OCH3 is 1. The molecule has 0 aromatic heterocycles. The lowest BCUT2D eigenvalue weighted by Gasteiger charge is -2.15. The van der Waals surface area contributed by atoms with Crippen LogP contribution in [0.15, 0.2) is 48.0 Å². The third-order valence-corrected chi connectivity index (χ3v) is 3.73. The van der Waals surface area contributed by atoms with Gasteiger partial charge in [-0.3, -0.25) is 20.2 Å². The van der Waals surface area contributed by atoms with Gasteiger partial charge in [0.1, 0.15) is 18.0 Å². The summed E-state index contributed by atoms with van der Waals surface area (Å²) in [7, 11) is 1.44. The molecule has 27 heavy (non-hydrogen) atoms. The largest absolute Gasteiger partial charge is 0.493 e. The predicted octanol–water partition coefficient (Wildman–Crippen LogP) is 2.16. The van der Waals surface area contributed by atoms with Crippen LogP contribution in [0.2, 0.25) is 0 Å². The second-order valence-corrected chi connectivity index (χ2v) is 5.62. The highest BCUT2D eigenvalue weighted by molar-refractivity contribution is 6.31. The standard InChI is InChI=1S/C19H15FN2O5/c1-26-16-9-11(8-14-17(23)21-19(25)22-18(14)24)5-6-15(16)27-10-12-3-2-4-13(20)7-12/h2-9H,10H2,1H3,(H2,21,22,23,24,25). The number of hydrogen-bond acceptors (Lipinski definition) is 5. The monoisotopic (exact) mass is 370 g/mol. The summed E-state index contributed by atoms with van der Waals surface area (Å²) in [4.78, 5) is 34.6. The molecule has 0 atom stereocenters. The van der Waals surface area contributed by atoms with Gasteiger partial charge in [0.2, 0.25) is 0 Å². The van der Waals surface area contributed by atoms with Gasteiger partial charge in [-0.1, -0.05) is 18.2 Å². The Morgan fingerprint density at radius 2 is 1.74 bits per heavy atom. The molecule has 0 spiro atoms. The molecule has 1 aliphatic heterocycles. The Labute approximate surface area is 153 Å². The number of imide groups is 2. The minimum absolute atomic E-state index is 0.140. The summed E-state index contributed by atoms with van der Waals surface area (Å²) in [5.74, 6) is -1.14. The summed E-state index contributed by atoms with van der Waals surface area (Å²) in [6.07, 6.45) is 1.33. The van der Waals surface area contributed by atoms with Gasteiger partial charge in [-0.05, 0) is 41.5 Å². The van der Waals surface area contributed by atoms with Crippen molar-refractivity contribution in [3.8, 4) is 11.5 Å². The van der Waals surface area contributed by atoms with Crippen LogP contribution < -0.4 is 20.1 Å². The molecule has 1 saturated heterocycles. The molecule has 0 radical (unpaired) electrons. The summed E-state index contributed by atoms with van der Waals surface area (Å²) in [6, 6.07) is 9.97. The van der Waals surface area contributed by atoms with Crippen molar-refractivity contribution in [1.29, 1.82) is 0 Å². The molecule has 0 bridgehead atoms. The Morgan fingerprint density at radius 3 is 2.41 bits per heavy atom. The lowest BCUT2D eigenvalue weighted by atomic mass is 10.1. The van der Waals surface area contributed by atoms with E-state index in [4.69, 9.17) is 9.47 Å². The molecule has 0 saturated carbocycles. The zero-order valence-corrected chi connectivity index (χ0v) is 14.2. The number of nitrogens with one attached hydrogen (secondary N) is 2. The minimum Gasteiger partial charge on any atom is -0.493 e. The zero-order chi connectivity index (χ0) is 19.4. The van der Waals surface area contributed by atoms with Crippen molar-refractivity contribution in [1.82, 2.24) is 10.6 Å². The highest BCUT2D eigenvalue weighted by Gasteiger charge is 2.27. The summed E-state index contributed by atoms with van der Waals surface area (Å²) < 4.78 is 24.2. The quantitative estimate of drug-likeness (QED) is 0.621. The summed E-state index contributed by atoms with van der Waals surface area (Å²) >= 11 is 0. The number of urea groups is 1. The molecule has 0 unspecified atom stereocenters. The van der Waals surface area contributed by atoms with Crippen molar-refractivity contribution in [2.24, 2.45) is 0 Å². The Kier molecular flexibility index (Phi) is 5.16. The SMILES string of the molecule is COc1cc(C=C2C(=O)NC(=O)NC2=O)ccc1OCc1cccc(F)c1. The number of rotatable bonds is 5. The average Bonchev–Trinajstić information content (AvgIpc) is 2.63. The zero-order valence-electron chi connectivity index (χ0n) is 14.2. The molecule has 138 valence electrons. The molecule has 3 rings (SSSR count). The van der Waals surface area contributed by atoms with Gasteiger partial charge in [-0.25, -0.2) is 9.18 Å². The van der Waals surface area contributed by atoms with Crippen molar-refractivity contribution >= 4 is 23.9 Å². The van der Waals surface area contributed by atoms with Crippen LogP contribution in [0.4, 0.5) is 9.18 Å². The topological polar surface area (TPSA) is 93.7 Å². The van der Waals surface area contributed by atoms with E-state index >= 15 is 0 Å². The van der Waals surface area contributed by atoms with Gasteiger partial charge in [-0.15, -0.1) is 0 Å². The van der Waals surface area contributed by atoms with E-state index < -0.39 is 17.8 Å². The number of hydrogen-bond donors (Lipinski definition) is 2. The van der Waals surface area contributed by atoms with E-state index in [-0.39, 0.29) is 18.0 Å². The molecule has 2 aromatic rings. The first-order valence-corrected chi connectivity index (χ1v) is 7.90. The fourth-order valence-corrected chi connectivity index (χ4v) is 2.45. The summed E-state index contributed by atoms with van der Waals surface area (Å²) in [6.45, 7) is 0.140. The van der Waals surface area contributed by atoms with Crippen LogP contribution in [0.1, 0.15) is 11.1 Å². The number of halogens is 1. The third-order valence-electron chi connectivity index (χ3n) is 3.73. The van der Waals surface area contributed by atoms with Gasteiger partial charge in [-0.2, -0.15) is 0 Å². The second kappa shape index (κ2) is 7.69. The number of barbiturate groups is 1. The van der Waals surface area contributed by atoms with Crippen LogP contribution in [0.5, 0.6) is 11.5 Å². The second-order valence-electron chi connectivity index (χ2n) is 5.62. The first kappa shape index (κ1) is 18.1. The highest BCUT2D eigenvalue weighted by Crippen LogP contribution is 2.30.